The fourth-order valence-electron chi connectivity index (χ4n) is 2.28. The topological polar surface area (TPSA) is 93.8 Å². The standard InChI is InChI=1S/C17H15N5O2/c1-11-5-7-18-10-14(11)15-6-8-19-17(20-15)21-16-9-13(22(23)24)4-3-12(16)2/h3-10H,1-2H3,(H,19,20,21). The maximum absolute atomic E-state index is 10.9. The molecule has 2 heterocycles. The zero-order chi connectivity index (χ0) is 17.1. The highest BCUT2D eigenvalue weighted by molar-refractivity contribution is 5.66. The van der Waals surface area contributed by atoms with E-state index >= 15 is 0 Å². The first-order valence-electron chi connectivity index (χ1n) is 7.30. The Bertz CT molecular complexity index is 911. The van der Waals surface area contributed by atoms with E-state index in [1.165, 1.54) is 12.1 Å². The number of nitro groups is 1. The van der Waals surface area contributed by atoms with Crippen molar-refractivity contribution in [3.8, 4) is 11.3 Å². The van der Waals surface area contributed by atoms with Crippen LogP contribution in [0.15, 0.2) is 48.9 Å². The summed E-state index contributed by atoms with van der Waals surface area (Å²) in [6, 6.07) is 8.35. The van der Waals surface area contributed by atoms with Crippen molar-refractivity contribution in [2.45, 2.75) is 13.8 Å². The molecule has 0 aliphatic heterocycles. The molecule has 0 saturated heterocycles. The van der Waals surface area contributed by atoms with Gasteiger partial charge in [0, 0.05) is 36.3 Å². The minimum absolute atomic E-state index is 0.0161. The Morgan fingerprint density at radius 1 is 1.08 bits per heavy atom. The number of rotatable bonds is 4. The van der Waals surface area contributed by atoms with E-state index in [1.54, 1.807) is 30.7 Å². The lowest BCUT2D eigenvalue weighted by atomic mass is 10.1. The molecular weight excluding hydrogens is 306 g/mol. The van der Waals surface area contributed by atoms with E-state index in [4.69, 9.17) is 0 Å². The van der Waals surface area contributed by atoms with Crippen LogP contribution >= 0.6 is 0 Å². The average molecular weight is 321 g/mol. The minimum Gasteiger partial charge on any atom is -0.324 e. The van der Waals surface area contributed by atoms with Crippen LogP contribution in [0.25, 0.3) is 11.3 Å². The SMILES string of the molecule is Cc1ccc([N+](=O)[O-])cc1Nc1nccc(-c2cnccc2C)n1. The lowest BCUT2D eigenvalue weighted by Gasteiger charge is -2.10. The van der Waals surface area contributed by atoms with Gasteiger partial charge >= 0.3 is 0 Å². The molecule has 7 nitrogen and oxygen atoms in total. The van der Waals surface area contributed by atoms with Crippen molar-refractivity contribution in [2.75, 3.05) is 5.32 Å². The molecule has 0 aliphatic rings. The van der Waals surface area contributed by atoms with Crippen LogP contribution in [0.3, 0.4) is 0 Å². The number of non-ortho nitro benzene ring substituents is 1. The van der Waals surface area contributed by atoms with Crippen LogP contribution in [0.5, 0.6) is 0 Å². The van der Waals surface area contributed by atoms with Gasteiger partial charge in [-0.3, -0.25) is 15.1 Å². The second-order valence-electron chi connectivity index (χ2n) is 5.34. The Morgan fingerprint density at radius 2 is 1.92 bits per heavy atom. The van der Waals surface area contributed by atoms with Gasteiger partial charge in [-0.2, -0.15) is 0 Å². The van der Waals surface area contributed by atoms with Crippen molar-refractivity contribution in [1.82, 2.24) is 15.0 Å². The minimum atomic E-state index is -0.430. The predicted octanol–water partition coefficient (Wildman–Crippen LogP) is 3.81. The summed E-state index contributed by atoms with van der Waals surface area (Å²) in [7, 11) is 0. The van der Waals surface area contributed by atoms with Crippen molar-refractivity contribution in [3.63, 3.8) is 0 Å². The fourth-order valence-corrected chi connectivity index (χ4v) is 2.28. The molecule has 3 rings (SSSR count). The van der Waals surface area contributed by atoms with E-state index in [0.29, 0.717) is 11.6 Å². The van der Waals surface area contributed by atoms with E-state index < -0.39 is 4.92 Å². The Labute approximate surface area is 138 Å². The van der Waals surface area contributed by atoms with Crippen molar-refractivity contribution >= 4 is 17.3 Å². The zero-order valence-corrected chi connectivity index (χ0v) is 13.2. The summed E-state index contributed by atoms with van der Waals surface area (Å²) in [4.78, 5) is 23.3. The fraction of sp³-hybridized carbons (Fsp3) is 0.118. The molecule has 1 N–H and O–H groups in total. The summed E-state index contributed by atoms with van der Waals surface area (Å²) in [6.45, 7) is 3.85. The monoisotopic (exact) mass is 321 g/mol. The number of nitro benzene ring substituents is 1. The molecule has 0 bridgehead atoms. The lowest BCUT2D eigenvalue weighted by Crippen LogP contribution is -2.01. The maximum Gasteiger partial charge on any atom is 0.271 e. The molecule has 0 atom stereocenters. The van der Waals surface area contributed by atoms with Crippen LogP contribution in [0.4, 0.5) is 17.3 Å². The number of nitrogens with one attached hydrogen (secondary N) is 1. The highest BCUT2D eigenvalue weighted by Gasteiger charge is 2.11. The van der Waals surface area contributed by atoms with E-state index in [-0.39, 0.29) is 5.69 Å². The number of pyridine rings is 1. The Kier molecular flexibility index (Phi) is 4.15. The van der Waals surface area contributed by atoms with Gasteiger partial charge in [0.05, 0.1) is 16.3 Å². The van der Waals surface area contributed by atoms with Gasteiger partial charge in [0.2, 0.25) is 5.95 Å². The quantitative estimate of drug-likeness (QED) is 0.580. The Hall–Kier alpha value is -3.35. The molecule has 0 fully saturated rings. The number of benzene rings is 1. The summed E-state index contributed by atoms with van der Waals surface area (Å²) in [5, 5.41) is 14.0. The third-order valence-electron chi connectivity index (χ3n) is 3.65. The number of hydrogen-bond donors (Lipinski definition) is 1. The molecule has 7 heteroatoms. The van der Waals surface area contributed by atoms with Gasteiger partial charge in [-0.25, -0.2) is 9.97 Å². The van der Waals surface area contributed by atoms with Crippen molar-refractivity contribution < 1.29 is 4.92 Å². The number of hydrogen-bond acceptors (Lipinski definition) is 6. The number of nitrogens with zero attached hydrogens (tertiary/aromatic N) is 4. The first kappa shape index (κ1) is 15.5. The molecule has 1 aromatic carbocycles. The smallest absolute Gasteiger partial charge is 0.271 e. The van der Waals surface area contributed by atoms with Crippen LogP contribution in [0.1, 0.15) is 11.1 Å². The Morgan fingerprint density at radius 3 is 2.67 bits per heavy atom. The van der Waals surface area contributed by atoms with Crippen LogP contribution < -0.4 is 5.32 Å². The summed E-state index contributed by atoms with van der Waals surface area (Å²) in [6.07, 6.45) is 5.12. The van der Waals surface area contributed by atoms with Gasteiger partial charge in [0.25, 0.3) is 5.69 Å². The first-order valence-corrected chi connectivity index (χ1v) is 7.30. The van der Waals surface area contributed by atoms with E-state index in [2.05, 4.69) is 20.3 Å². The van der Waals surface area contributed by atoms with Crippen LogP contribution in [-0.2, 0) is 0 Å². The third kappa shape index (κ3) is 3.19. The number of aryl methyl sites for hydroxylation is 2. The summed E-state index contributed by atoms with van der Waals surface area (Å²) in [5.74, 6) is 0.374. The molecule has 0 amide bonds. The van der Waals surface area contributed by atoms with Gasteiger partial charge in [0.1, 0.15) is 0 Å². The molecule has 0 unspecified atom stereocenters. The molecule has 0 aliphatic carbocycles. The third-order valence-corrected chi connectivity index (χ3v) is 3.65. The van der Waals surface area contributed by atoms with Crippen molar-refractivity contribution in [2.24, 2.45) is 0 Å². The van der Waals surface area contributed by atoms with E-state index in [1.807, 2.05) is 19.9 Å². The molecule has 0 spiro atoms. The second kappa shape index (κ2) is 6.41. The molecule has 120 valence electrons. The number of aromatic nitrogens is 3. The molecule has 24 heavy (non-hydrogen) atoms. The van der Waals surface area contributed by atoms with Gasteiger partial charge in [0.15, 0.2) is 0 Å². The summed E-state index contributed by atoms with van der Waals surface area (Å²) >= 11 is 0. The van der Waals surface area contributed by atoms with Gasteiger partial charge in [-0.05, 0) is 37.1 Å². The van der Waals surface area contributed by atoms with Gasteiger partial charge in [-0.15, -0.1) is 0 Å². The van der Waals surface area contributed by atoms with Crippen LogP contribution in [0.2, 0.25) is 0 Å². The lowest BCUT2D eigenvalue weighted by molar-refractivity contribution is -0.384. The molecular formula is C17H15N5O2. The van der Waals surface area contributed by atoms with Crippen LogP contribution in [0, 0.1) is 24.0 Å². The summed E-state index contributed by atoms with van der Waals surface area (Å²) in [5.41, 5.74) is 4.19. The van der Waals surface area contributed by atoms with Gasteiger partial charge < -0.3 is 5.32 Å². The highest BCUT2D eigenvalue weighted by atomic mass is 16.6. The largest absolute Gasteiger partial charge is 0.324 e. The maximum atomic E-state index is 10.9. The molecule has 0 radical (unpaired) electrons. The Balaban J connectivity index is 1.95. The molecule has 2 aromatic heterocycles. The van der Waals surface area contributed by atoms with E-state index in [9.17, 15) is 10.1 Å². The van der Waals surface area contributed by atoms with Crippen molar-refractivity contribution in [3.05, 3.63) is 70.2 Å². The predicted molar refractivity (Wildman–Crippen MR) is 91.1 cm³/mol. The zero-order valence-electron chi connectivity index (χ0n) is 13.2. The van der Waals surface area contributed by atoms with E-state index in [0.717, 1.165) is 22.4 Å². The second-order valence-corrected chi connectivity index (χ2v) is 5.34. The summed E-state index contributed by atoms with van der Waals surface area (Å²) < 4.78 is 0. The first-order chi connectivity index (χ1) is 11.5. The van der Waals surface area contributed by atoms with Crippen LogP contribution in [-0.4, -0.2) is 19.9 Å². The molecule has 3 aromatic rings. The highest BCUT2D eigenvalue weighted by Crippen LogP contribution is 2.25. The molecule has 0 saturated carbocycles. The average Bonchev–Trinajstić information content (AvgIpc) is 2.57. The van der Waals surface area contributed by atoms with Gasteiger partial charge in [-0.1, -0.05) is 6.07 Å². The normalized spacial score (nSPS) is 10.4. The van der Waals surface area contributed by atoms with Crippen molar-refractivity contribution in [1.29, 1.82) is 0 Å². The number of anilines is 2.